The average Bonchev–Trinajstić information content (AvgIpc) is 2.49. The minimum atomic E-state index is -1.17. The van der Waals surface area contributed by atoms with Crippen LogP contribution >= 0.6 is 23.2 Å². The van der Waals surface area contributed by atoms with Crippen molar-refractivity contribution in [2.75, 3.05) is 0 Å². The summed E-state index contributed by atoms with van der Waals surface area (Å²) >= 11 is 12.0. The zero-order valence-electron chi connectivity index (χ0n) is 12.3. The molecule has 8 heteroatoms. The maximum Gasteiger partial charge on any atom is 0.181 e. The molecule has 0 saturated heterocycles. The summed E-state index contributed by atoms with van der Waals surface area (Å²) in [5.41, 5.74) is -0.612. The van der Waals surface area contributed by atoms with Crippen LogP contribution in [0.3, 0.4) is 0 Å². The fraction of sp³-hybridized carbons (Fsp3) is 0.0625. The van der Waals surface area contributed by atoms with Crippen molar-refractivity contribution >= 4 is 28.9 Å². The van der Waals surface area contributed by atoms with Gasteiger partial charge < -0.3 is 0 Å². The number of halogens is 5. The molecule has 2 aromatic rings. The molecule has 0 aliphatic rings. The van der Waals surface area contributed by atoms with Gasteiger partial charge in [-0.3, -0.25) is 4.99 Å². The minimum absolute atomic E-state index is 0.0322. The van der Waals surface area contributed by atoms with Crippen molar-refractivity contribution in [3.8, 4) is 11.1 Å². The van der Waals surface area contributed by atoms with Crippen molar-refractivity contribution in [1.29, 1.82) is 0 Å². The summed E-state index contributed by atoms with van der Waals surface area (Å²) in [5, 5.41) is -0.603. The Balaban J connectivity index is 2.67. The number of nitrogens with zero attached hydrogens (tertiary/aromatic N) is 3. The van der Waals surface area contributed by atoms with E-state index in [1.54, 1.807) is 13.0 Å². The first-order valence-corrected chi connectivity index (χ1v) is 7.34. The van der Waals surface area contributed by atoms with Crippen molar-refractivity contribution in [1.82, 2.24) is 9.97 Å². The Morgan fingerprint density at radius 1 is 1.08 bits per heavy atom. The van der Waals surface area contributed by atoms with Crippen molar-refractivity contribution in [3.63, 3.8) is 0 Å². The Morgan fingerprint density at radius 2 is 1.62 bits per heavy atom. The average molecular weight is 372 g/mol. The third-order valence-corrected chi connectivity index (χ3v) is 3.41. The van der Waals surface area contributed by atoms with Crippen LogP contribution in [0.2, 0.25) is 10.3 Å². The van der Waals surface area contributed by atoms with Gasteiger partial charge in [-0.25, -0.2) is 23.1 Å². The lowest BCUT2D eigenvalue weighted by Gasteiger charge is -2.10. The van der Waals surface area contributed by atoms with Crippen molar-refractivity contribution in [2.45, 2.75) is 6.92 Å². The van der Waals surface area contributed by atoms with Crippen LogP contribution in [0.25, 0.3) is 11.1 Å². The zero-order chi connectivity index (χ0) is 17.9. The summed E-state index contributed by atoms with van der Waals surface area (Å²) in [6.45, 7) is 5.33. The van der Waals surface area contributed by atoms with E-state index in [2.05, 4.69) is 21.5 Å². The van der Waals surface area contributed by atoms with Crippen LogP contribution in [0.15, 0.2) is 42.1 Å². The highest BCUT2D eigenvalue weighted by Crippen LogP contribution is 2.36. The summed E-state index contributed by atoms with van der Waals surface area (Å²) < 4.78 is 40.9. The molecule has 2 rings (SSSR count). The molecule has 0 bridgehead atoms. The molecule has 3 nitrogen and oxygen atoms in total. The molecule has 0 atom stereocenters. The highest BCUT2D eigenvalue weighted by atomic mass is 35.5. The Hall–Kier alpha value is -2.18. The first-order chi connectivity index (χ1) is 11.4. The fourth-order valence-electron chi connectivity index (χ4n) is 1.87. The van der Waals surface area contributed by atoms with Gasteiger partial charge in [-0.05, 0) is 13.0 Å². The van der Waals surface area contributed by atoms with E-state index in [1.165, 1.54) is 12.3 Å². The number of aromatic nitrogens is 2. The van der Waals surface area contributed by atoms with E-state index in [9.17, 15) is 13.2 Å². The molecule has 0 amide bonds. The molecule has 0 fully saturated rings. The molecule has 0 unspecified atom stereocenters. The second kappa shape index (κ2) is 7.59. The van der Waals surface area contributed by atoms with Gasteiger partial charge >= 0.3 is 0 Å². The van der Waals surface area contributed by atoms with E-state index >= 15 is 0 Å². The van der Waals surface area contributed by atoms with Gasteiger partial charge in [0.1, 0.15) is 33.5 Å². The second-order valence-corrected chi connectivity index (χ2v) is 5.17. The predicted molar refractivity (Wildman–Crippen MR) is 88.9 cm³/mol. The zero-order valence-corrected chi connectivity index (χ0v) is 13.8. The van der Waals surface area contributed by atoms with Gasteiger partial charge in [-0.2, -0.15) is 0 Å². The normalized spacial score (nSPS) is 12.0. The van der Waals surface area contributed by atoms with Crippen LogP contribution in [0.4, 0.5) is 13.2 Å². The van der Waals surface area contributed by atoms with Crippen LogP contribution < -0.4 is 0 Å². The number of rotatable bonds is 4. The fourth-order valence-corrected chi connectivity index (χ4v) is 2.44. The molecule has 1 heterocycles. The molecule has 0 radical (unpaired) electrons. The summed E-state index contributed by atoms with van der Waals surface area (Å²) in [4.78, 5) is 11.9. The monoisotopic (exact) mass is 371 g/mol. The topological polar surface area (TPSA) is 38.1 Å². The van der Waals surface area contributed by atoms with Gasteiger partial charge in [0.2, 0.25) is 0 Å². The lowest BCUT2D eigenvalue weighted by atomic mass is 10.1. The molecule has 1 aromatic heterocycles. The standard InChI is InChI=1S/C16H10Cl2F3N3/c1-3-5-22-11(4-2)16-23-14(17)13(15(18)24-16)12-9(20)6-8(19)7-10(12)21/h3-7H,2H2,1H3/b5-3-,22-11?. The largest absolute Gasteiger partial charge is 0.253 e. The predicted octanol–water partition coefficient (Wildman–Crippen LogP) is 5.38. The van der Waals surface area contributed by atoms with E-state index < -0.39 is 23.0 Å². The molecular weight excluding hydrogens is 362 g/mol. The number of hydrogen-bond donors (Lipinski definition) is 0. The van der Waals surface area contributed by atoms with Crippen molar-refractivity contribution in [3.05, 3.63) is 70.6 Å². The number of benzene rings is 1. The molecule has 0 spiro atoms. The third-order valence-electron chi connectivity index (χ3n) is 2.86. The summed E-state index contributed by atoms with van der Waals surface area (Å²) in [5.74, 6) is -3.37. The molecule has 0 aliphatic carbocycles. The lowest BCUT2D eigenvalue weighted by Crippen LogP contribution is -2.06. The van der Waals surface area contributed by atoms with E-state index in [4.69, 9.17) is 23.2 Å². The third kappa shape index (κ3) is 3.66. The molecule has 0 N–H and O–H groups in total. The molecule has 1 aromatic carbocycles. The smallest absolute Gasteiger partial charge is 0.181 e. The first kappa shape index (κ1) is 18.2. The number of allylic oxidation sites excluding steroid dienone is 2. The van der Waals surface area contributed by atoms with E-state index in [-0.39, 0.29) is 27.4 Å². The van der Waals surface area contributed by atoms with Crippen LogP contribution in [-0.4, -0.2) is 15.7 Å². The van der Waals surface area contributed by atoms with Gasteiger partial charge in [0.25, 0.3) is 0 Å². The van der Waals surface area contributed by atoms with Crippen molar-refractivity contribution in [2.24, 2.45) is 4.99 Å². The van der Waals surface area contributed by atoms with Crippen LogP contribution in [0, 0.1) is 17.5 Å². The van der Waals surface area contributed by atoms with E-state index in [0.717, 1.165) is 0 Å². The molecule has 0 aliphatic heterocycles. The maximum atomic E-state index is 13.9. The molecule has 124 valence electrons. The van der Waals surface area contributed by atoms with Crippen LogP contribution in [-0.2, 0) is 0 Å². The Kier molecular flexibility index (Phi) is 5.75. The number of aliphatic imine (C=N–C) groups is 1. The van der Waals surface area contributed by atoms with Gasteiger partial charge in [-0.1, -0.05) is 35.9 Å². The van der Waals surface area contributed by atoms with Gasteiger partial charge in [0, 0.05) is 18.3 Å². The SMILES string of the molecule is C=CC(=N/C=C\C)c1nc(Cl)c(-c2c(F)cc(F)cc2F)c(Cl)n1. The van der Waals surface area contributed by atoms with Gasteiger partial charge in [0.05, 0.1) is 11.1 Å². The summed E-state index contributed by atoms with van der Waals surface area (Å²) in [6.07, 6.45) is 4.53. The quantitative estimate of drug-likeness (QED) is 0.534. The van der Waals surface area contributed by atoms with E-state index in [0.29, 0.717) is 12.1 Å². The number of hydrogen-bond acceptors (Lipinski definition) is 3. The van der Waals surface area contributed by atoms with E-state index in [1.807, 2.05) is 0 Å². The summed E-state index contributed by atoms with van der Waals surface area (Å²) in [6, 6.07) is 1.03. The van der Waals surface area contributed by atoms with Crippen LogP contribution in [0.1, 0.15) is 12.7 Å². The van der Waals surface area contributed by atoms with Gasteiger partial charge in [-0.15, -0.1) is 0 Å². The summed E-state index contributed by atoms with van der Waals surface area (Å²) in [7, 11) is 0. The Labute approximate surface area is 146 Å². The molecule has 24 heavy (non-hydrogen) atoms. The first-order valence-electron chi connectivity index (χ1n) is 6.58. The van der Waals surface area contributed by atoms with Gasteiger partial charge in [0.15, 0.2) is 5.82 Å². The molecular formula is C16H10Cl2F3N3. The lowest BCUT2D eigenvalue weighted by molar-refractivity contribution is 0.548. The highest BCUT2D eigenvalue weighted by molar-refractivity contribution is 6.38. The maximum absolute atomic E-state index is 13.9. The minimum Gasteiger partial charge on any atom is -0.253 e. The Morgan fingerprint density at radius 3 is 2.08 bits per heavy atom. The highest BCUT2D eigenvalue weighted by Gasteiger charge is 2.22. The Bertz CT molecular complexity index is 818. The molecule has 0 saturated carbocycles. The van der Waals surface area contributed by atoms with Crippen molar-refractivity contribution < 1.29 is 13.2 Å². The van der Waals surface area contributed by atoms with Crippen LogP contribution in [0.5, 0.6) is 0 Å². The second-order valence-electron chi connectivity index (χ2n) is 4.45.